The number of hydrogen-bond acceptors (Lipinski definition) is 7. The summed E-state index contributed by atoms with van der Waals surface area (Å²) in [6.45, 7) is 0. The van der Waals surface area contributed by atoms with Crippen molar-refractivity contribution in [2.75, 3.05) is 26.2 Å². The standard InChI is InChI=1S/C13H16F2N4O2S/c1-20-9-6-10(21-2)18-19(17-9)13(22-3)7-4-5-8(14)11(15)12(7)16/h4-6,13,17H,16H2,1-3H3. The summed E-state index contributed by atoms with van der Waals surface area (Å²) in [6.07, 6.45) is 3.35. The Kier molecular flexibility index (Phi) is 4.96. The third-order valence-electron chi connectivity index (χ3n) is 2.99. The minimum atomic E-state index is -1.08. The third kappa shape index (κ3) is 3.03. The van der Waals surface area contributed by atoms with Crippen molar-refractivity contribution in [2.24, 2.45) is 5.10 Å². The van der Waals surface area contributed by atoms with Crippen LogP contribution in [0.2, 0.25) is 0 Å². The Labute approximate surface area is 130 Å². The molecule has 1 aromatic rings. The van der Waals surface area contributed by atoms with E-state index in [2.05, 4.69) is 10.5 Å². The van der Waals surface area contributed by atoms with Crippen LogP contribution < -0.4 is 11.2 Å². The average Bonchev–Trinajstić information content (AvgIpc) is 2.55. The summed E-state index contributed by atoms with van der Waals surface area (Å²) in [5.74, 6) is -1.37. The Hall–Kier alpha value is -2.16. The SMILES string of the molecule is COC1=CC(OC)=NN(C(SC)c2ccc(F)c(F)c2N)N1. The number of nitrogen functional groups attached to an aromatic ring is 1. The van der Waals surface area contributed by atoms with E-state index in [1.54, 1.807) is 12.3 Å². The number of halogens is 2. The van der Waals surface area contributed by atoms with Crippen molar-refractivity contribution in [1.82, 2.24) is 10.5 Å². The van der Waals surface area contributed by atoms with Crippen LogP contribution in [-0.2, 0) is 9.47 Å². The molecule has 0 spiro atoms. The summed E-state index contributed by atoms with van der Waals surface area (Å²) in [6, 6.07) is 2.45. The van der Waals surface area contributed by atoms with Crippen LogP contribution in [0, 0.1) is 11.6 Å². The Morgan fingerprint density at radius 3 is 2.64 bits per heavy atom. The summed E-state index contributed by atoms with van der Waals surface area (Å²) in [4.78, 5) is 0. The Balaban J connectivity index is 2.39. The number of thioether (sulfide) groups is 1. The molecule has 1 aliphatic rings. The number of ether oxygens (including phenoxy) is 2. The van der Waals surface area contributed by atoms with E-state index in [4.69, 9.17) is 15.2 Å². The zero-order chi connectivity index (χ0) is 16.3. The van der Waals surface area contributed by atoms with E-state index in [1.165, 1.54) is 37.2 Å². The fraction of sp³-hybridized carbons (Fsp3) is 0.308. The maximum absolute atomic E-state index is 13.7. The van der Waals surface area contributed by atoms with Crippen LogP contribution in [0.4, 0.5) is 14.5 Å². The van der Waals surface area contributed by atoms with Gasteiger partial charge >= 0.3 is 0 Å². The summed E-state index contributed by atoms with van der Waals surface area (Å²) in [5, 5.41) is 5.10. The van der Waals surface area contributed by atoms with Crippen molar-refractivity contribution in [3.05, 3.63) is 41.3 Å². The van der Waals surface area contributed by atoms with Crippen molar-refractivity contribution in [1.29, 1.82) is 0 Å². The summed E-state index contributed by atoms with van der Waals surface area (Å²) in [5.41, 5.74) is 8.71. The van der Waals surface area contributed by atoms with E-state index >= 15 is 0 Å². The number of hydrazone groups is 1. The number of nitrogens with one attached hydrogen (secondary N) is 1. The van der Waals surface area contributed by atoms with Gasteiger partial charge in [0.1, 0.15) is 5.37 Å². The number of nitrogens with zero attached hydrogens (tertiary/aromatic N) is 2. The van der Waals surface area contributed by atoms with E-state index < -0.39 is 17.0 Å². The molecule has 1 aliphatic heterocycles. The number of nitrogens with two attached hydrogens (primary N) is 1. The molecule has 0 bridgehead atoms. The third-order valence-corrected chi connectivity index (χ3v) is 3.89. The molecule has 3 N–H and O–H groups in total. The van der Waals surface area contributed by atoms with Crippen LogP contribution in [-0.4, -0.2) is 31.5 Å². The highest BCUT2D eigenvalue weighted by molar-refractivity contribution is 7.98. The first kappa shape index (κ1) is 16.2. The molecule has 2 rings (SSSR count). The van der Waals surface area contributed by atoms with Crippen molar-refractivity contribution in [3.63, 3.8) is 0 Å². The van der Waals surface area contributed by atoms with E-state index in [0.29, 0.717) is 17.3 Å². The zero-order valence-corrected chi connectivity index (χ0v) is 13.1. The molecule has 22 heavy (non-hydrogen) atoms. The first-order valence-electron chi connectivity index (χ1n) is 6.22. The van der Waals surface area contributed by atoms with Crippen LogP contribution in [0.1, 0.15) is 10.9 Å². The first-order chi connectivity index (χ1) is 10.5. The Bertz CT molecular complexity index is 624. The second-order valence-electron chi connectivity index (χ2n) is 4.26. The largest absolute Gasteiger partial charge is 0.481 e. The number of hydrogen-bond donors (Lipinski definition) is 2. The monoisotopic (exact) mass is 330 g/mol. The molecule has 9 heteroatoms. The van der Waals surface area contributed by atoms with Gasteiger partial charge in [0.15, 0.2) is 11.6 Å². The summed E-state index contributed by atoms with van der Waals surface area (Å²) < 4.78 is 37.2. The smallest absolute Gasteiger partial charge is 0.238 e. The number of methoxy groups -OCH3 is 2. The van der Waals surface area contributed by atoms with Gasteiger partial charge in [0.2, 0.25) is 11.8 Å². The van der Waals surface area contributed by atoms with Crippen LogP contribution in [0.25, 0.3) is 0 Å². The second kappa shape index (κ2) is 6.73. The predicted octanol–water partition coefficient (Wildman–Crippen LogP) is 2.18. The molecule has 120 valence electrons. The zero-order valence-electron chi connectivity index (χ0n) is 12.3. The van der Waals surface area contributed by atoms with E-state index in [9.17, 15) is 8.78 Å². The fourth-order valence-corrected chi connectivity index (χ4v) is 2.65. The van der Waals surface area contributed by atoms with Crippen LogP contribution in [0.5, 0.6) is 0 Å². The highest BCUT2D eigenvalue weighted by atomic mass is 32.2. The molecule has 0 saturated carbocycles. The van der Waals surface area contributed by atoms with E-state index in [1.807, 2.05) is 0 Å². The van der Waals surface area contributed by atoms with Gasteiger partial charge in [0.05, 0.1) is 26.0 Å². The van der Waals surface area contributed by atoms with Gasteiger partial charge in [-0.1, -0.05) is 6.07 Å². The van der Waals surface area contributed by atoms with Gasteiger partial charge in [-0.15, -0.1) is 16.9 Å². The van der Waals surface area contributed by atoms with Crippen LogP contribution >= 0.6 is 11.8 Å². The molecule has 1 heterocycles. The van der Waals surface area contributed by atoms with Crippen molar-refractivity contribution in [3.8, 4) is 0 Å². The topological polar surface area (TPSA) is 72.1 Å². The van der Waals surface area contributed by atoms with Crippen LogP contribution in [0.15, 0.2) is 29.2 Å². The molecule has 0 amide bonds. The number of hydrazine groups is 1. The molecule has 0 radical (unpaired) electrons. The first-order valence-corrected chi connectivity index (χ1v) is 7.51. The molecule has 0 aromatic heterocycles. The highest BCUT2D eigenvalue weighted by Gasteiger charge is 2.27. The van der Waals surface area contributed by atoms with Crippen molar-refractivity contribution < 1.29 is 18.3 Å². The van der Waals surface area contributed by atoms with Crippen molar-refractivity contribution >= 4 is 23.3 Å². The number of rotatable bonds is 4. The van der Waals surface area contributed by atoms with Gasteiger partial charge in [-0.2, -0.15) is 5.12 Å². The van der Waals surface area contributed by atoms with E-state index in [0.717, 1.165) is 6.07 Å². The summed E-state index contributed by atoms with van der Waals surface area (Å²) >= 11 is 1.33. The van der Waals surface area contributed by atoms with Gasteiger partial charge in [-0.05, 0) is 12.3 Å². The second-order valence-corrected chi connectivity index (χ2v) is 5.18. The predicted molar refractivity (Wildman–Crippen MR) is 81.5 cm³/mol. The number of anilines is 1. The van der Waals surface area contributed by atoms with Gasteiger partial charge in [-0.3, -0.25) is 5.43 Å². The van der Waals surface area contributed by atoms with Crippen molar-refractivity contribution in [2.45, 2.75) is 5.37 Å². The number of benzene rings is 1. The molecular weight excluding hydrogens is 314 g/mol. The van der Waals surface area contributed by atoms with E-state index in [-0.39, 0.29) is 5.69 Å². The highest BCUT2D eigenvalue weighted by Crippen LogP contribution is 2.36. The van der Waals surface area contributed by atoms with Gasteiger partial charge in [0.25, 0.3) is 0 Å². The lowest BCUT2D eigenvalue weighted by Crippen LogP contribution is -2.39. The lowest BCUT2D eigenvalue weighted by atomic mass is 10.1. The molecule has 0 aliphatic carbocycles. The molecular formula is C13H16F2N4O2S. The normalized spacial score (nSPS) is 15.6. The summed E-state index contributed by atoms with van der Waals surface area (Å²) in [7, 11) is 2.95. The minimum absolute atomic E-state index is 0.260. The van der Waals surface area contributed by atoms with Gasteiger partial charge in [0, 0.05) is 5.56 Å². The molecule has 6 nitrogen and oxygen atoms in total. The molecule has 1 aromatic carbocycles. The van der Waals surface area contributed by atoms with Gasteiger partial charge in [-0.25, -0.2) is 8.78 Å². The maximum Gasteiger partial charge on any atom is 0.238 e. The molecule has 1 atom stereocenters. The van der Waals surface area contributed by atoms with Gasteiger partial charge < -0.3 is 15.2 Å². The quantitative estimate of drug-likeness (QED) is 0.825. The Morgan fingerprint density at radius 1 is 1.32 bits per heavy atom. The fourth-order valence-electron chi connectivity index (χ4n) is 1.89. The maximum atomic E-state index is 13.7. The van der Waals surface area contributed by atoms with Crippen LogP contribution in [0.3, 0.4) is 0 Å². The lowest BCUT2D eigenvalue weighted by molar-refractivity contribution is 0.123. The minimum Gasteiger partial charge on any atom is -0.481 e. The molecule has 1 unspecified atom stereocenters. The Morgan fingerprint density at radius 2 is 2.05 bits per heavy atom. The molecule has 0 fully saturated rings. The average molecular weight is 330 g/mol. The lowest BCUT2D eigenvalue weighted by Gasteiger charge is -2.32. The molecule has 0 saturated heterocycles.